The molecular weight excluding hydrogens is 435 g/mol. The second-order valence-electron chi connectivity index (χ2n) is 6.12. The molecule has 0 aliphatic carbocycles. The van der Waals surface area contributed by atoms with Gasteiger partial charge in [0.2, 0.25) is 5.89 Å². The highest BCUT2D eigenvalue weighted by atomic mass is 35.5. The molecule has 3 aromatic carbocycles. The highest BCUT2D eigenvalue weighted by Gasteiger charge is 2.16. The normalized spacial score (nSPS) is 10.9. The Morgan fingerprint density at radius 2 is 1.76 bits per heavy atom. The number of methoxy groups -OCH3 is 1. The molecule has 1 N–H and O–H groups in total. The first-order valence-electron chi connectivity index (χ1n) is 8.45. The Morgan fingerprint density at radius 1 is 1.00 bits per heavy atom. The van der Waals surface area contributed by atoms with Gasteiger partial charge in [-0.15, -0.1) is 0 Å². The lowest BCUT2D eigenvalue weighted by Gasteiger charge is -2.11. The zero-order valence-corrected chi connectivity index (χ0v) is 17.3. The lowest BCUT2D eigenvalue weighted by atomic mass is 10.1. The molecule has 0 fully saturated rings. The van der Waals surface area contributed by atoms with E-state index in [-0.39, 0.29) is 5.91 Å². The predicted molar refractivity (Wildman–Crippen MR) is 115 cm³/mol. The number of hydrogen-bond donors (Lipinski definition) is 1. The molecule has 0 aliphatic rings. The van der Waals surface area contributed by atoms with Gasteiger partial charge in [-0.2, -0.15) is 0 Å². The van der Waals surface area contributed by atoms with Gasteiger partial charge in [0, 0.05) is 15.7 Å². The van der Waals surface area contributed by atoms with Crippen LogP contribution in [0.1, 0.15) is 10.4 Å². The first-order chi connectivity index (χ1) is 13.9. The summed E-state index contributed by atoms with van der Waals surface area (Å²) in [6.45, 7) is 0. The quantitative estimate of drug-likeness (QED) is 0.377. The maximum absolute atomic E-state index is 12.7. The SMILES string of the molecule is COc1ccc(Cl)cc1C(=O)Nc1ccc(Cl)c(-c2nc3cc(Cl)ccc3o2)c1. The van der Waals surface area contributed by atoms with Crippen molar-refractivity contribution < 1.29 is 13.9 Å². The van der Waals surface area contributed by atoms with Gasteiger partial charge in [0.1, 0.15) is 11.3 Å². The summed E-state index contributed by atoms with van der Waals surface area (Å²) in [6.07, 6.45) is 0. The van der Waals surface area contributed by atoms with Gasteiger partial charge in [0.05, 0.1) is 23.3 Å². The molecular formula is C21H13Cl3N2O3. The number of carbonyl (C=O) groups excluding carboxylic acids is 1. The van der Waals surface area contributed by atoms with Crippen LogP contribution in [0.4, 0.5) is 5.69 Å². The van der Waals surface area contributed by atoms with E-state index in [4.69, 9.17) is 44.0 Å². The predicted octanol–water partition coefficient (Wildman–Crippen LogP) is 6.72. The van der Waals surface area contributed by atoms with Crippen LogP contribution < -0.4 is 10.1 Å². The summed E-state index contributed by atoms with van der Waals surface area (Å²) in [4.78, 5) is 17.2. The van der Waals surface area contributed by atoms with Crippen LogP contribution in [0.5, 0.6) is 5.75 Å². The molecule has 0 radical (unpaired) electrons. The fraction of sp³-hybridized carbons (Fsp3) is 0.0476. The van der Waals surface area contributed by atoms with E-state index in [0.717, 1.165) is 0 Å². The molecule has 8 heteroatoms. The average molecular weight is 448 g/mol. The zero-order valence-electron chi connectivity index (χ0n) is 15.0. The number of benzene rings is 3. The molecule has 0 bridgehead atoms. The Labute approximate surface area is 181 Å². The fourth-order valence-corrected chi connectivity index (χ4v) is 3.38. The molecule has 0 spiro atoms. The van der Waals surface area contributed by atoms with Crippen molar-refractivity contribution in [1.29, 1.82) is 0 Å². The smallest absolute Gasteiger partial charge is 0.259 e. The monoisotopic (exact) mass is 446 g/mol. The summed E-state index contributed by atoms with van der Waals surface area (Å²) in [5.74, 6) is 0.364. The van der Waals surface area contributed by atoms with Crippen molar-refractivity contribution in [3.05, 3.63) is 75.2 Å². The van der Waals surface area contributed by atoms with Crippen LogP contribution in [0, 0.1) is 0 Å². The lowest BCUT2D eigenvalue weighted by Crippen LogP contribution is -2.13. The number of amides is 1. The van der Waals surface area contributed by atoms with E-state index in [1.54, 1.807) is 48.5 Å². The van der Waals surface area contributed by atoms with Gasteiger partial charge < -0.3 is 14.5 Å². The third-order valence-corrected chi connectivity index (χ3v) is 5.01. The van der Waals surface area contributed by atoms with E-state index in [0.29, 0.717) is 54.6 Å². The van der Waals surface area contributed by atoms with Crippen LogP contribution in [0.3, 0.4) is 0 Å². The molecule has 0 unspecified atom stereocenters. The van der Waals surface area contributed by atoms with E-state index >= 15 is 0 Å². The van der Waals surface area contributed by atoms with E-state index in [1.165, 1.54) is 13.2 Å². The van der Waals surface area contributed by atoms with Gasteiger partial charge in [0.25, 0.3) is 5.91 Å². The second kappa shape index (κ2) is 7.95. The molecule has 4 rings (SSSR count). The molecule has 29 heavy (non-hydrogen) atoms. The van der Waals surface area contributed by atoms with Crippen LogP contribution >= 0.6 is 34.8 Å². The van der Waals surface area contributed by atoms with Crippen molar-refractivity contribution in [2.45, 2.75) is 0 Å². The van der Waals surface area contributed by atoms with Crippen molar-refractivity contribution in [3.63, 3.8) is 0 Å². The van der Waals surface area contributed by atoms with Gasteiger partial charge in [-0.1, -0.05) is 34.8 Å². The third kappa shape index (κ3) is 4.03. The standard InChI is InChI=1S/C21H13Cl3N2O3/c1-28-18-6-2-11(22)8-15(18)20(27)25-13-4-5-16(24)14(10-13)21-26-17-9-12(23)3-7-19(17)29-21/h2-10H,1H3,(H,25,27). The summed E-state index contributed by atoms with van der Waals surface area (Å²) in [5.41, 5.74) is 2.56. The lowest BCUT2D eigenvalue weighted by molar-refractivity contribution is 0.102. The largest absolute Gasteiger partial charge is 0.496 e. The summed E-state index contributed by atoms with van der Waals surface area (Å²) in [5, 5.41) is 4.23. The number of ether oxygens (including phenoxy) is 1. The van der Waals surface area contributed by atoms with Gasteiger partial charge in [-0.3, -0.25) is 4.79 Å². The van der Waals surface area contributed by atoms with Crippen LogP contribution in [0.25, 0.3) is 22.6 Å². The highest BCUT2D eigenvalue weighted by Crippen LogP contribution is 2.33. The second-order valence-corrected chi connectivity index (χ2v) is 7.40. The minimum absolute atomic E-state index is 0.313. The minimum atomic E-state index is -0.373. The summed E-state index contributed by atoms with van der Waals surface area (Å²) >= 11 is 18.4. The summed E-state index contributed by atoms with van der Waals surface area (Å²) in [7, 11) is 1.49. The van der Waals surface area contributed by atoms with Crippen LogP contribution in [-0.4, -0.2) is 18.0 Å². The number of oxazole rings is 1. The Bertz CT molecular complexity index is 1240. The number of nitrogens with zero attached hydrogens (tertiary/aromatic N) is 1. The van der Waals surface area contributed by atoms with Crippen LogP contribution in [-0.2, 0) is 0 Å². The molecule has 5 nitrogen and oxygen atoms in total. The first-order valence-corrected chi connectivity index (χ1v) is 9.59. The number of fused-ring (bicyclic) bond motifs is 1. The van der Waals surface area contributed by atoms with Crippen LogP contribution in [0.15, 0.2) is 59.0 Å². The molecule has 0 aliphatic heterocycles. The Morgan fingerprint density at radius 3 is 2.55 bits per heavy atom. The summed E-state index contributed by atoms with van der Waals surface area (Å²) < 4.78 is 11.0. The van der Waals surface area contributed by atoms with Gasteiger partial charge in [-0.25, -0.2) is 4.98 Å². The molecule has 1 aromatic heterocycles. The number of nitrogens with one attached hydrogen (secondary N) is 1. The van der Waals surface area contributed by atoms with Gasteiger partial charge >= 0.3 is 0 Å². The molecule has 0 saturated heterocycles. The van der Waals surface area contributed by atoms with Crippen molar-refractivity contribution in [1.82, 2.24) is 4.98 Å². The molecule has 0 atom stereocenters. The topological polar surface area (TPSA) is 64.4 Å². The zero-order chi connectivity index (χ0) is 20.5. The van der Waals surface area contributed by atoms with Crippen molar-refractivity contribution in [3.8, 4) is 17.2 Å². The maximum atomic E-state index is 12.7. The Kier molecular flexibility index (Phi) is 5.37. The third-order valence-electron chi connectivity index (χ3n) is 4.21. The van der Waals surface area contributed by atoms with E-state index < -0.39 is 0 Å². The van der Waals surface area contributed by atoms with E-state index in [1.807, 2.05) is 0 Å². The molecule has 1 amide bonds. The van der Waals surface area contributed by atoms with E-state index in [9.17, 15) is 4.79 Å². The number of carbonyl (C=O) groups is 1. The highest BCUT2D eigenvalue weighted by molar-refractivity contribution is 6.33. The van der Waals surface area contributed by atoms with Crippen molar-refractivity contribution in [2.24, 2.45) is 0 Å². The van der Waals surface area contributed by atoms with Gasteiger partial charge in [0.15, 0.2) is 5.58 Å². The summed E-state index contributed by atoms with van der Waals surface area (Å²) in [6, 6.07) is 15.0. The van der Waals surface area contributed by atoms with Crippen molar-refractivity contribution in [2.75, 3.05) is 12.4 Å². The van der Waals surface area contributed by atoms with Crippen LogP contribution in [0.2, 0.25) is 15.1 Å². The molecule has 4 aromatic rings. The number of anilines is 1. The Balaban J connectivity index is 1.68. The number of rotatable bonds is 4. The number of hydrogen-bond acceptors (Lipinski definition) is 4. The minimum Gasteiger partial charge on any atom is -0.496 e. The number of aromatic nitrogens is 1. The van der Waals surface area contributed by atoms with Crippen molar-refractivity contribution >= 4 is 57.5 Å². The molecule has 146 valence electrons. The number of halogens is 3. The fourth-order valence-electron chi connectivity index (χ4n) is 2.84. The molecule has 0 saturated carbocycles. The first kappa shape index (κ1) is 19.6. The molecule has 1 heterocycles. The van der Waals surface area contributed by atoms with E-state index in [2.05, 4.69) is 10.3 Å². The van der Waals surface area contributed by atoms with Gasteiger partial charge in [-0.05, 0) is 54.6 Å². The Hall–Kier alpha value is -2.73. The maximum Gasteiger partial charge on any atom is 0.259 e. The average Bonchev–Trinajstić information content (AvgIpc) is 3.12.